The van der Waals surface area contributed by atoms with Crippen molar-refractivity contribution in [3.05, 3.63) is 76.2 Å². The molecule has 0 bridgehead atoms. The number of amides is 1. The first-order valence-corrected chi connectivity index (χ1v) is 8.63. The largest absolute Gasteiger partial charge is 0.478 e. The first-order chi connectivity index (χ1) is 12.0. The molecule has 2 aromatic carbocycles. The average molecular weight is 351 g/mol. The highest BCUT2D eigenvalue weighted by atomic mass is 32.1. The Morgan fingerprint density at radius 3 is 2.04 bits per heavy atom. The Morgan fingerprint density at radius 1 is 0.920 bits per heavy atom. The highest BCUT2D eigenvalue weighted by molar-refractivity contribution is 7.15. The predicted molar refractivity (Wildman–Crippen MR) is 101 cm³/mol. The smallest absolute Gasteiger partial charge is 0.339 e. The van der Waals surface area contributed by atoms with Crippen molar-refractivity contribution in [1.29, 1.82) is 0 Å². The minimum atomic E-state index is -1.06. The quantitative estimate of drug-likeness (QED) is 0.696. The zero-order chi connectivity index (χ0) is 18.0. The van der Waals surface area contributed by atoms with E-state index in [1.54, 1.807) is 17.5 Å². The number of hydrogen-bond acceptors (Lipinski definition) is 3. The fourth-order valence-corrected chi connectivity index (χ4v) is 3.44. The van der Waals surface area contributed by atoms with Gasteiger partial charge < -0.3 is 10.4 Å². The molecule has 0 aliphatic heterocycles. The maximum Gasteiger partial charge on any atom is 0.339 e. The Morgan fingerprint density at radius 2 is 1.48 bits per heavy atom. The van der Waals surface area contributed by atoms with Crippen LogP contribution in [0.2, 0.25) is 0 Å². The van der Waals surface area contributed by atoms with E-state index in [-0.39, 0.29) is 11.5 Å². The summed E-state index contributed by atoms with van der Waals surface area (Å²) in [7, 11) is 0. The van der Waals surface area contributed by atoms with Crippen molar-refractivity contribution < 1.29 is 14.7 Å². The summed E-state index contributed by atoms with van der Waals surface area (Å²) in [5, 5.41) is 14.5. The number of carbonyl (C=O) groups excluding carboxylic acids is 1. The molecule has 126 valence electrons. The van der Waals surface area contributed by atoms with Gasteiger partial charge in [0, 0.05) is 16.5 Å². The maximum atomic E-state index is 12.4. The Hall–Kier alpha value is -2.92. The monoisotopic (exact) mass is 351 g/mol. The minimum Gasteiger partial charge on any atom is -0.478 e. The van der Waals surface area contributed by atoms with Crippen LogP contribution in [0.25, 0.3) is 11.1 Å². The number of carbonyl (C=O) groups is 2. The molecule has 1 amide bonds. The molecule has 5 heteroatoms. The molecular weight excluding hydrogens is 334 g/mol. The SMILES string of the molecule is Cc1ccc(C(=O)Nc2scc(-c3ccc(C)cc3)c2C(=O)O)cc1. The summed E-state index contributed by atoms with van der Waals surface area (Å²) in [4.78, 5) is 24.2. The zero-order valence-electron chi connectivity index (χ0n) is 13.9. The third-order valence-electron chi connectivity index (χ3n) is 3.91. The molecule has 0 saturated carbocycles. The number of nitrogens with one attached hydrogen (secondary N) is 1. The van der Waals surface area contributed by atoms with E-state index in [1.165, 1.54) is 11.3 Å². The van der Waals surface area contributed by atoms with Crippen LogP contribution in [0.4, 0.5) is 5.00 Å². The lowest BCUT2D eigenvalue weighted by Crippen LogP contribution is -2.13. The number of anilines is 1. The van der Waals surface area contributed by atoms with E-state index in [4.69, 9.17) is 0 Å². The molecule has 0 spiro atoms. The summed E-state index contributed by atoms with van der Waals surface area (Å²) < 4.78 is 0. The molecule has 4 nitrogen and oxygen atoms in total. The van der Waals surface area contributed by atoms with Crippen LogP contribution < -0.4 is 5.32 Å². The number of thiophene rings is 1. The van der Waals surface area contributed by atoms with Gasteiger partial charge in [0.15, 0.2) is 0 Å². The topological polar surface area (TPSA) is 66.4 Å². The number of benzene rings is 2. The van der Waals surface area contributed by atoms with E-state index >= 15 is 0 Å². The molecule has 25 heavy (non-hydrogen) atoms. The number of carboxylic acids is 1. The van der Waals surface area contributed by atoms with Gasteiger partial charge in [0.2, 0.25) is 0 Å². The van der Waals surface area contributed by atoms with E-state index in [0.717, 1.165) is 16.7 Å². The molecule has 0 saturated heterocycles. The standard InChI is InChI=1S/C20H17NO3S/c1-12-3-7-14(8-4-12)16-11-25-19(17(16)20(23)24)21-18(22)15-9-5-13(2)6-10-15/h3-11H,1-2H3,(H,21,22)(H,23,24). The molecule has 0 unspecified atom stereocenters. The van der Waals surface area contributed by atoms with E-state index < -0.39 is 5.97 Å². The van der Waals surface area contributed by atoms with Crippen LogP contribution >= 0.6 is 11.3 Å². The second-order valence-electron chi connectivity index (χ2n) is 5.84. The molecule has 3 rings (SSSR count). The number of carboxylic acid groups (broad SMARTS) is 1. The highest BCUT2D eigenvalue weighted by Gasteiger charge is 2.21. The van der Waals surface area contributed by atoms with E-state index in [1.807, 2.05) is 50.2 Å². The van der Waals surface area contributed by atoms with Crippen LogP contribution in [0.5, 0.6) is 0 Å². The van der Waals surface area contributed by atoms with Crippen molar-refractivity contribution in [2.24, 2.45) is 0 Å². The lowest BCUT2D eigenvalue weighted by atomic mass is 10.0. The number of aryl methyl sites for hydroxylation is 2. The van der Waals surface area contributed by atoms with Gasteiger partial charge >= 0.3 is 5.97 Å². The van der Waals surface area contributed by atoms with Gasteiger partial charge in [-0.25, -0.2) is 4.79 Å². The molecule has 2 N–H and O–H groups in total. The van der Waals surface area contributed by atoms with Crippen molar-refractivity contribution in [2.45, 2.75) is 13.8 Å². The lowest BCUT2D eigenvalue weighted by molar-refractivity contribution is 0.0699. The Kier molecular flexibility index (Phi) is 4.67. The fourth-order valence-electron chi connectivity index (χ4n) is 2.49. The highest BCUT2D eigenvalue weighted by Crippen LogP contribution is 2.36. The van der Waals surface area contributed by atoms with Crippen molar-refractivity contribution in [2.75, 3.05) is 5.32 Å². The molecule has 0 aliphatic carbocycles. The van der Waals surface area contributed by atoms with E-state index in [9.17, 15) is 14.7 Å². The van der Waals surface area contributed by atoms with Crippen molar-refractivity contribution in [1.82, 2.24) is 0 Å². The first kappa shape index (κ1) is 16.9. The summed E-state index contributed by atoms with van der Waals surface area (Å²) >= 11 is 1.22. The molecule has 3 aromatic rings. The summed E-state index contributed by atoms with van der Waals surface area (Å²) in [6.07, 6.45) is 0. The molecule has 0 radical (unpaired) electrons. The van der Waals surface area contributed by atoms with Gasteiger partial charge in [-0.3, -0.25) is 4.79 Å². The van der Waals surface area contributed by atoms with Crippen LogP contribution in [0.15, 0.2) is 53.9 Å². The zero-order valence-corrected chi connectivity index (χ0v) is 14.7. The van der Waals surface area contributed by atoms with Gasteiger partial charge in [-0.1, -0.05) is 47.5 Å². The van der Waals surface area contributed by atoms with E-state index in [2.05, 4.69) is 5.32 Å². The van der Waals surface area contributed by atoms with Gasteiger partial charge in [-0.15, -0.1) is 11.3 Å². The van der Waals surface area contributed by atoms with Gasteiger partial charge in [0.1, 0.15) is 10.6 Å². The Bertz CT molecular complexity index is 925. The van der Waals surface area contributed by atoms with Gasteiger partial charge in [-0.2, -0.15) is 0 Å². The van der Waals surface area contributed by atoms with Crippen LogP contribution in [-0.4, -0.2) is 17.0 Å². The van der Waals surface area contributed by atoms with Crippen LogP contribution in [-0.2, 0) is 0 Å². The van der Waals surface area contributed by atoms with Gasteiger partial charge in [0.25, 0.3) is 5.91 Å². The Labute approximate surface area is 149 Å². The minimum absolute atomic E-state index is 0.120. The Balaban J connectivity index is 1.94. The van der Waals surface area contributed by atoms with Crippen molar-refractivity contribution in [3.8, 4) is 11.1 Å². The van der Waals surface area contributed by atoms with Gasteiger partial charge in [0.05, 0.1) is 0 Å². The lowest BCUT2D eigenvalue weighted by Gasteiger charge is -2.07. The summed E-state index contributed by atoms with van der Waals surface area (Å²) in [5.41, 5.74) is 4.19. The second-order valence-corrected chi connectivity index (χ2v) is 6.72. The number of rotatable bonds is 4. The average Bonchev–Trinajstić information content (AvgIpc) is 3.00. The van der Waals surface area contributed by atoms with Crippen molar-refractivity contribution >= 4 is 28.2 Å². The third-order valence-corrected chi connectivity index (χ3v) is 4.80. The summed E-state index contributed by atoms with van der Waals surface area (Å²) in [6, 6.07) is 14.8. The number of hydrogen-bond donors (Lipinski definition) is 2. The third kappa shape index (κ3) is 3.61. The maximum absolute atomic E-state index is 12.4. The van der Waals surface area contributed by atoms with Crippen LogP contribution in [0.1, 0.15) is 31.8 Å². The summed E-state index contributed by atoms with van der Waals surface area (Å²) in [6.45, 7) is 3.92. The molecule has 1 aromatic heterocycles. The molecular formula is C20H17NO3S. The molecule has 0 fully saturated rings. The fraction of sp³-hybridized carbons (Fsp3) is 0.100. The molecule has 0 atom stereocenters. The van der Waals surface area contributed by atoms with Crippen LogP contribution in [0.3, 0.4) is 0 Å². The summed E-state index contributed by atoms with van der Waals surface area (Å²) in [5.74, 6) is -1.38. The van der Waals surface area contributed by atoms with Gasteiger partial charge in [-0.05, 0) is 31.5 Å². The first-order valence-electron chi connectivity index (χ1n) is 7.75. The predicted octanol–water partition coefficient (Wildman–Crippen LogP) is 4.98. The van der Waals surface area contributed by atoms with Crippen LogP contribution in [0, 0.1) is 13.8 Å². The number of aromatic carboxylic acids is 1. The normalized spacial score (nSPS) is 10.5. The molecule has 0 aliphatic rings. The van der Waals surface area contributed by atoms with Crippen molar-refractivity contribution in [3.63, 3.8) is 0 Å². The molecule has 1 heterocycles. The van der Waals surface area contributed by atoms with E-state index in [0.29, 0.717) is 16.1 Å². The second kappa shape index (κ2) is 6.91.